The molecule has 3 heterocycles. The fourth-order valence-electron chi connectivity index (χ4n) is 4.96. The van der Waals surface area contributed by atoms with E-state index in [4.69, 9.17) is 21.1 Å². The summed E-state index contributed by atoms with van der Waals surface area (Å²) in [6, 6.07) is 11.0. The Bertz CT molecular complexity index is 1100. The van der Waals surface area contributed by atoms with Gasteiger partial charge in [-0.05, 0) is 49.4 Å². The van der Waals surface area contributed by atoms with Crippen molar-refractivity contribution in [1.82, 2.24) is 9.88 Å². The van der Waals surface area contributed by atoms with E-state index in [1.54, 1.807) is 30.2 Å². The lowest BCUT2D eigenvalue weighted by atomic mass is 9.74. The van der Waals surface area contributed by atoms with Gasteiger partial charge >= 0.3 is 5.97 Å². The van der Waals surface area contributed by atoms with E-state index in [0.29, 0.717) is 48.3 Å². The standard InChI is InChI=1S/C26H28ClIN2O5/c1-16-23(26(32)33)24(18-8-9-22(27)29-14-18)20(25(31)30(16)15-19-6-4-11-34-19)13-17-5-2-3-7-21(17)35-12-10-28/h2-3,5,7-9,14,19-20,24H,4,6,10-13,15H2,1H3,(H,32,33)/t19-,20?,24-/m1/s1. The molecule has 1 N–H and O–H groups in total. The number of amides is 1. The molecule has 1 aromatic carbocycles. The van der Waals surface area contributed by atoms with Crippen LogP contribution in [0.25, 0.3) is 0 Å². The number of hydrogen-bond acceptors (Lipinski definition) is 5. The number of aromatic nitrogens is 1. The van der Waals surface area contributed by atoms with E-state index in [0.717, 1.165) is 22.8 Å². The summed E-state index contributed by atoms with van der Waals surface area (Å²) in [5, 5.41) is 10.6. The van der Waals surface area contributed by atoms with Gasteiger partial charge in [-0.3, -0.25) is 4.79 Å². The van der Waals surface area contributed by atoms with Crippen LogP contribution in [0.3, 0.4) is 0 Å². The zero-order valence-corrected chi connectivity index (χ0v) is 22.4. The first-order valence-electron chi connectivity index (χ1n) is 11.7. The Morgan fingerprint density at radius 1 is 1.31 bits per heavy atom. The second-order valence-electron chi connectivity index (χ2n) is 8.74. The minimum Gasteiger partial charge on any atom is -0.493 e. The SMILES string of the molecule is CC1=C(C(=O)O)[C@H](c2ccc(Cl)nc2)C(Cc2ccccc2OCCI)C(=O)N1C[C@H]1CCCO1. The second-order valence-corrected chi connectivity index (χ2v) is 10.2. The number of para-hydroxylation sites is 1. The molecule has 2 aromatic rings. The summed E-state index contributed by atoms with van der Waals surface area (Å²) >= 11 is 8.26. The summed E-state index contributed by atoms with van der Waals surface area (Å²) in [7, 11) is 0. The molecule has 1 saturated heterocycles. The van der Waals surface area contributed by atoms with Gasteiger partial charge in [0.25, 0.3) is 0 Å². The highest BCUT2D eigenvalue weighted by Gasteiger charge is 2.45. The number of benzene rings is 1. The first-order valence-corrected chi connectivity index (χ1v) is 13.6. The zero-order valence-electron chi connectivity index (χ0n) is 19.5. The molecule has 35 heavy (non-hydrogen) atoms. The summed E-state index contributed by atoms with van der Waals surface area (Å²) in [5.41, 5.74) is 2.15. The maximum atomic E-state index is 14.0. The summed E-state index contributed by atoms with van der Waals surface area (Å²) < 4.78 is 12.5. The van der Waals surface area contributed by atoms with Crippen molar-refractivity contribution in [3.8, 4) is 5.75 Å². The van der Waals surface area contributed by atoms with E-state index in [1.807, 2.05) is 24.3 Å². The molecule has 1 amide bonds. The van der Waals surface area contributed by atoms with Crippen molar-refractivity contribution in [2.75, 3.05) is 24.2 Å². The molecule has 2 aliphatic heterocycles. The van der Waals surface area contributed by atoms with Crippen LogP contribution in [0.15, 0.2) is 53.9 Å². The highest BCUT2D eigenvalue weighted by molar-refractivity contribution is 14.1. The molecule has 1 unspecified atom stereocenters. The van der Waals surface area contributed by atoms with Gasteiger partial charge in [0.15, 0.2) is 0 Å². The van der Waals surface area contributed by atoms with E-state index in [1.165, 1.54) is 0 Å². The van der Waals surface area contributed by atoms with Crippen LogP contribution < -0.4 is 4.74 Å². The number of rotatable bonds is 9. The van der Waals surface area contributed by atoms with Crippen molar-refractivity contribution < 1.29 is 24.2 Å². The number of halogens is 2. The predicted molar refractivity (Wildman–Crippen MR) is 141 cm³/mol. The first kappa shape index (κ1) is 25.9. The molecular formula is C26H28ClIN2O5. The second kappa shape index (κ2) is 11.7. The molecule has 7 nitrogen and oxygen atoms in total. The van der Waals surface area contributed by atoms with E-state index >= 15 is 0 Å². The highest BCUT2D eigenvalue weighted by Crippen LogP contribution is 2.43. The number of carboxylic acid groups (broad SMARTS) is 1. The maximum Gasteiger partial charge on any atom is 0.333 e. The number of carbonyl (C=O) groups is 2. The van der Waals surface area contributed by atoms with Crippen molar-refractivity contribution in [2.24, 2.45) is 5.92 Å². The fraction of sp³-hybridized carbons (Fsp3) is 0.423. The minimum absolute atomic E-state index is 0.0994. The molecule has 0 saturated carbocycles. The number of allylic oxidation sites excluding steroid dienone is 1. The lowest BCUT2D eigenvalue weighted by Gasteiger charge is -2.40. The normalized spacial score (nSPS) is 22.5. The number of hydrogen-bond donors (Lipinski definition) is 1. The van der Waals surface area contributed by atoms with Crippen molar-refractivity contribution in [3.05, 3.63) is 70.1 Å². The van der Waals surface area contributed by atoms with E-state index < -0.39 is 17.8 Å². The molecule has 1 fully saturated rings. The van der Waals surface area contributed by atoms with E-state index in [-0.39, 0.29) is 17.6 Å². The van der Waals surface area contributed by atoms with Crippen molar-refractivity contribution >= 4 is 46.1 Å². The van der Waals surface area contributed by atoms with Gasteiger partial charge in [-0.25, -0.2) is 9.78 Å². The average molecular weight is 611 g/mol. The number of carboxylic acids is 1. The maximum absolute atomic E-state index is 14.0. The Labute approximate surface area is 223 Å². The van der Waals surface area contributed by atoms with Crippen LogP contribution in [0.4, 0.5) is 0 Å². The number of pyridine rings is 1. The van der Waals surface area contributed by atoms with Crippen molar-refractivity contribution in [2.45, 2.75) is 38.2 Å². The van der Waals surface area contributed by atoms with Crippen LogP contribution in [0.1, 0.15) is 36.8 Å². The molecule has 1 aromatic heterocycles. The Kier molecular flexibility index (Phi) is 8.67. The molecule has 0 spiro atoms. The van der Waals surface area contributed by atoms with E-state index in [2.05, 4.69) is 27.6 Å². The molecule has 0 radical (unpaired) electrons. The lowest BCUT2D eigenvalue weighted by molar-refractivity contribution is -0.139. The molecule has 2 aliphatic rings. The summed E-state index contributed by atoms with van der Waals surface area (Å²) in [4.78, 5) is 32.4. The number of ether oxygens (including phenoxy) is 2. The van der Waals surface area contributed by atoms with E-state index in [9.17, 15) is 14.7 Å². The van der Waals surface area contributed by atoms with Gasteiger partial charge in [0.05, 0.1) is 30.7 Å². The van der Waals surface area contributed by atoms with Gasteiger partial charge in [0, 0.05) is 28.8 Å². The number of alkyl halides is 1. The third-order valence-corrected chi connectivity index (χ3v) is 7.25. The monoisotopic (exact) mass is 610 g/mol. The Balaban J connectivity index is 1.79. The van der Waals surface area contributed by atoms with Gasteiger partial charge in [0.2, 0.25) is 5.91 Å². The smallest absolute Gasteiger partial charge is 0.333 e. The number of nitrogens with zero attached hydrogens (tertiary/aromatic N) is 2. The minimum atomic E-state index is -1.05. The fourth-order valence-corrected chi connectivity index (χ4v) is 5.29. The van der Waals surface area contributed by atoms with Crippen LogP contribution in [0, 0.1) is 5.92 Å². The Morgan fingerprint density at radius 2 is 2.11 bits per heavy atom. The summed E-state index contributed by atoms with van der Waals surface area (Å²) in [6.07, 6.45) is 3.58. The third-order valence-electron chi connectivity index (χ3n) is 6.59. The molecule has 9 heteroatoms. The van der Waals surface area contributed by atoms with Gasteiger partial charge in [-0.2, -0.15) is 0 Å². The topological polar surface area (TPSA) is 89.0 Å². The predicted octanol–water partition coefficient (Wildman–Crippen LogP) is 4.87. The van der Waals surface area contributed by atoms with Crippen LogP contribution in [0.2, 0.25) is 5.15 Å². The van der Waals surface area contributed by atoms with Crippen molar-refractivity contribution in [1.29, 1.82) is 0 Å². The van der Waals surface area contributed by atoms with Crippen LogP contribution in [-0.4, -0.2) is 57.2 Å². The van der Waals surface area contributed by atoms with Gasteiger partial charge in [-0.1, -0.05) is 58.5 Å². The summed E-state index contributed by atoms with van der Waals surface area (Å²) in [6.45, 7) is 3.26. The Morgan fingerprint density at radius 3 is 2.77 bits per heavy atom. The third kappa shape index (κ3) is 5.81. The highest BCUT2D eigenvalue weighted by atomic mass is 127. The van der Waals surface area contributed by atoms with Crippen LogP contribution in [0.5, 0.6) is 5.75 Å². The van der Waals surface area contributed by atoms with Crippen LogP contribution in [-0.2, 0) is 20.7 Å². The molecule has 4 rings (SSSR count). The largest absolute Gasteiger partial charge is 0.493 e. The lowest BCUT2D eigenvalue weighted by Crippen LogP contribution is -2.47. The molecule has 0 aliphatic carbocycles. The zero-order chi connectivity index (χ0) is 24.9. The molecule has 3 atom stereocenters. The van der Waals surface area contributed by atoms with Crippen LogP contribution >= 0.6 is 34.2 Å². The molecule has 0 bridgehead atoms. The van der Waals surface area contributed by atoms with Crippen molar-refractivity contribution in [3.63, 3.8) is 0 Å². The Hall–Kier alpha value is -2.17. The number of carbonyl (C=O) groups excluding carboxylic acids is 1. The average Bonchev–Trinajstić information content (AvgIpc) is 3.36. The first-order chi connectivity index (χ1) is 16.9. The van der Waals surface area contributed by atoms with Gasteiger partial charge in [-0.15, -0.1) is 0 Å². The molecular weight excluding hydrogens is 583 g/mol. The molecule has 186 valence electrons. The van der Waals surface area contributed by atoms with Gasteiger partial charge in [0.1, 0.15) is 10.9 Å². The quantitative estimate of drug-likeness (QED) is 0.248. The summed E-state index contributed by atoms with van der Waals surface area (Å²) in [5.74, 6) is -1.79. The van der Waals surface area contributed by atoms with Gasteiger partial charge < -0.3 is 19.5 Å². The number of aliphatic carboxylic acids is 1.